The zero-order chi connectivity index (χ0) is 14.7. The molecule has 0 unspecified atom stereocenters. The van der Waals surface area contributed by atoms with Crippen LogP contribution in [0.1, 0.15) is 11.1 Å². The molecule has 0 aliphatic carbocycles. The number of pyridine rings is 1. The van der Waals surface area contributed by atoms with E-state index in [-0.39, 0.29) is 5.82 Å². The average Bonchev–Trinajstić information content (AvgIpc) is 2.53. The smallest absolute Gasteiger partial charge is 0.165 e. The minimum atomic E-state index is -0.342. The molecule has 4 heteroatoms. The number of ether oxygens (including phenoxy) is 1. The van der Waals surface area contributed by atoms with E-state index in [0.29, 0.717) is 17.7 Å². The van der Waals surface area contributed by atoms with E-state index in [9.17, 15) is 4.39 Å². The monoisotopic (exact) mass is 345 g/mol. The molecule has 2 nitrogen and oxygen atoms in total. The number of hydrogen-bond acceptors (Lipinski definition) is 2. The Morgan fingerprint density at radius 1 is 1.00 bits per heavy atom. The predicted molar refractivity (Wildman–Crippen MR) is 85.1 cm³/mol. The SMILES string of the molecule is Fc1cccc(CBr)c1OCc1ccnc2ccccc12. The number of rotatable bonds is 4. The van der Waals surface area contributed by atoms with Gasteiger partial charge in [0.15, 0.2) is 11.6 Å². The van der Waals surface area contributed by atoms with Gasteiger partial charge in [0.25, 0.3) is 0 Å². The Labute approximate surface area is 130 Å². The maximum atomic E-state index is 13.9. The Morgan fingerprint density at radius 3 is 2.71 bits per heavy atom. The van der Waals surface area contributed by atoms with Gasteiger partial charge in [-0.3, -0.25) is 4.98 Å². The van der Waals surface area contributed by atoms with Crippen LogP contribution in [0.3, 0.4) is 0 Å². The number of para-hydroxylation sites is 2. The van der Waals surface area contributed by atoms with Gasteiger partial charge < -0.3 is 4.74 Å². The van der Waals surface area contributed by atoms with E-state index in [1.165, 1.54) is 6.07 Å². The summed E-state index contributed by atoms with van der Waals surface area (Å²) in [6.07, 6.45) is 1.74. The number of fused-ring (bicyclic) bond motifs is 1. The second-order valence-electron chi connectivity index (χ2n) is 4.64. The Kier molecular flexibility index (Phi) is 4.15. The van der Waals surface area contributed by atoms with Crippen molar-refractivity contribution in [2.24, 2.45) is 0 Å². The fourth-order valence-corrected chi connectivity index (χ4v) is 2.69. The molecule has 0 radical (unpaired) electrons. The summed E-state index contributed by atoms with van der Waals surface area (Å²) in [7, 11) is 0. The summed E-state index contributed by atoms with van der Waals surface area (Å²) in [5.74, 6) is -0.0411. The number of halogens is 2. The second-order valence-corrected chi connectivity index (χ2v) is 5.20. The first-order valence-electron chi connectivity index (χ1n) is 6.58. The van der Waals surface area contributed by atoms with Crippen LogP contribution in [0.15, 0.2) is 54.7 Å². The van der Waals surface area contributed by atoms with Crippen molar-refractivity contribution in [2.75, 3.05) is 0 Å². The average molecular weight is 346 g/mol. The van der Waals surface area contributed by atoms with Gasteiger partial charge >= 0.3 is 0 Å². The van der Waals surface area contributed by atoms with E-state index >= 15 is 0 Å². The van der Waals surface area contributed by atoms with Crippen LogP contribution in [-0.2, 0) is 11.9 Å². The lowest BCUT2D eigenvalue weighted by atomic mass is 10.1. The molecule has 106 valence electrons. The number of nitrogens with zero attached hydrogens (tertiary/aromatic N) is 1. The van der Waals surface area contributed by atoms with Crippen LogP contribution in [0.25, 0.3) is 10.9 Å². The molecule has 0 saturated carbocycles. The molecular formula is C17H13BrFNO. The molecular weight excluding hydrogens is 333 g/mol. The summed E-state index contributed by atoms with van der Waals surface area (Å²) >= 11 is 3.35. The highest BCUT2D eigenvalue weighted by molar-refractivity contribution is 9.08. The maximum Gasteiger partial charge on any atom is 0.165 e. The molecule has 0 aliphatic rings. The van der Waals surface area contributed by atoms with Gasteiger partial charge in [0, 0.05) is 28.0 Å². The molecule has 1 aromatic heterocycles. The highest BCUT2D eigenvalue weighted by Gasteiger charge is 2.10. The minimum Gasteiger partial charge on any atom is -0.485 e. The van der Waals surface area contributed by atoms with E-state index in [1.54, 1.807) is 12.3 Å². The molecule has 0 amide bonds. The van der Waals surface area contributed by atoms with Gasteiger partial charge in [-0.05, 0) is 18.2 Å². The summed E-state index contributed by atoms with van der Waals surface area (Å²) in [6.45, 7) is 0.309. The highest BCUT2D eigenvalue weighted by Crippen LogP contribution is 2.26. The van der Waals surface area contributed by atoms with Gasteiger partial charge in [0.05, 0.1) is 5.52 Å². The van der Waals surface area contributed by atoms with Crippen molar-refractivity contribution in [3.05, 3.63) is 71.7 Å². The van der Waals surface area contributed by atoms with Crippen molar-refractivity contribution in [2.45, 2.75) is 11.9 Å². The van der Waals surface area contributed by atoms with Crippen LogP contribution in [-0.4, -0.2) is 4.98 Å². The molecule has 0 atom stereocenters. The van der Waals surface area contributed by atoms with Crippen molar-refractivity contribution >= 4 is 26.8 Å². The zero-order valence-electron chi connectivity index (χ0n) is 11.2. The molecule has 0 spiro atoms. The zero-order valence-corrected chi connectivity index (χ0v) is 12.8. The van der Waals surface area contributed by atoms with Crippen LogP contribution in [0, 0.1) is 5.82 Å². The van der Waals surface area contributed by atoms with Gasteiger partial charge in [-0.25, -0.2) is 4.39 Å². The van der Waals surface area contributed by atoms with E-state index in [0.717, 1.165) is 22.0 Å². The van der Waals surface area contributed by atoms with Crippen LogP contribution < -0.4 is 4.74 Å². The number of aromatic nitrogens is 1. The second kappa shape index (κ2) is 6.22. The van der Waals surface area contributed by atoms with Crippen LogP contribution in [0.4, 0.5) is 4.39 Å². The molecule has 2 aromatic carbocycles. The molecule has 0 N–H and O–H groups in total. The van der Waals surface area contributed by atoms with Crippen molar-refractivity contribution in [3.63, 3.8) is 0 Å². The number of alkyl halides is 1. The lowest BCUT2D eigenvalue weighted by Gasteiger charge is -2.12. The number of benzene rings is 2. The molecule has 0 saturated heterocycles. The first kappa shape index (κ1) is 14.0. The Morgan fingerprint density at radius 2 is 1.86 bits per heavy atom. The predicted octanol–water partition coefficient (Wildman–Crippen LogP) is 4.85. The third-order valence-corrected chi connectivity index (χ3v) is 3.91. The Balaban J connectivity index is 1.91. The summed E-state index contributed by atoms with van der Waals surface area (Å²) in [5, 5.41) is 1.58. The van der Waals surface area contributed by atoms with Gasteiger partial charge in [0.1, 0.15) is 6.61 Å². The quantitative estimate of drug-likeness (QED) is 0.630. The lowest BCUT2D eigenvalue weighted by Crippen LogP contribution is -2.01. The van der Waals surface area contributed by atoms with Crippen LogP contribution in [0.5, 0.6) is 5.75 Å². The Bertz CT molecular complexity index is 770. The van der Waals surface area contributed by atoms with Crippen LogP contribution in [0.2, 0.25) is 0 Å². The maximum absolute atomic E-state index is 13.9. The highest BCUT2D eigenvalue weighted by atomic mass is 79.9. The fraction of sp³-hybridized carbons (Fsp3) is 0.118. The standard InChI is InChI=1S/C17H13BrFNO/c18-10-12-4-3-6-15(19)17(12)21-11-13-8-9-20-16-7-2-1-5-14(13)16/h1-9H,10-11H2. The van der Waals surface area contributed by atoms with Crippen LogP contribution >= 0.6 is 15.9 Å². The summed E-state index contributed by atoms with van der Waals surface area (Å²) in [5.41, 5.74) is 2.70. The van der Waals surface area contributed by atoms with E-state index in [1.807, 2.05) is 36.4 Å². The van der Waals surface area contributed by atoms with Gasteiger partial charge in [-0.15, -0.1) is 0 Å². The first-order valence-corrected chi connectivity index (χ1v) is 7.70. The first-order chi connectivity index (χ1) is 10.3. The molecule has 0 fully saturated rings. The summed E-state index contributed by atoms with van der Waals surface area (Å²) in [6, 6.07) is 14.7. The van der Waals surface area contributed by atoms with E-state index in [4.69, 9.17) is 4.74 Å². The lowest BCUT2D eigenvalue weighted by molar-refractivity contribution is 0.289. The van der Waals surface area contributed by atoms with Crippen molar-refractivity contribution in [1.29, 1.82) is 0 Å². The molecule has 3 aromatic rings. The summed E-state index contributed by atoms with van der Waals surface area (Å²) in [4.78, 5) is 4.31. The van der Waals surface area contributed by atoms with Gasteiger partial charge in [-0.1, -0.05) is 46.3 Å². The Hall–Kier alpha value is -1.94. The third kappa shape index (κ3) is 2.90. The number of hydrogen-bond donors (Lipinski definition) is 0. The largest absolute Gasteiger partial charge is 0.485 e. The normalized spacial score (nSPS) is 10.8. The van der Waals surface area contributed by atoms with Crippen molar-refractivity contribution in [3.8, 4) is 5.75 Å². The topological polar surface area (TPSA) is 22.1 Å². The van der Waals surface area contributed by atoms with Gasteiger partial charge in [0.2, 0.25) is 0 Å². The fourth-order valence-electron chi connectivity index (χ4n) is 2.25. The van der Waals surface area contributed by atoms with Crippen molar-refractivity contribution < 1.29 is 9.13 Å². The molecule has 0 bridgehead atoms. The van der Waals surface area contributed by atoms with Crippen molar-refractivity contribution in [1.82, 2.24) is 4.98 Å². The third-order valence-electron chi connectivity index (χ3n) is 3.30. The van der Waals surface area contributed by atoms with E-state index in [2.05, 4.69) is 20.9 Å². The minimum absolute atomic E-state index is 0.301. The van der Waals surface area contributed by atoms with Gasteiger partial charge in [-0.2, -0.15) is 0 Å². The summed E-state index contributed by atoms with van der Waals surface area (Å²) < 4.78 is 19.6. The molecule has 3 rings (SSSR count). The molecule has 0 aliphatic heterocycles. The molecule has 21 heavy (non-hydrogen) atoms. The molecule has 1 heterocycles. The van der Waals surface area contributed by atoms with E-state index < -0.39 is 0 Å².